The molecule has 0 spiro atoms. The first-order valence-electron chi connectivity index (χ1n) is 5.98. The molecule has 1 aliphatic rings. The van der Waals surface area contributed by atoms with Crippen LogP contribution in [0, 0.1) is 0 Å². The molecule has 0 radical (unpaired) electrons. The molecule has 94 valence electrons. The third-order valence-electron chi connectivity index (χ3n) is 2.80. The van der Waals surface area contributed by atoms with Crippen molar-refractivity contribution in [1.29, 1.82) is 0 Å². The molecular weight excluding hydrogens is 204 g/mol. The topological polar surface area (TPSA) is 50.4 Å². The largest absolute Gasteiger partial charge is 0.381 e. The van der Waals surface area contributed by atoms with Crippen LogP contribution in [0.15, 0.2) is 0 Å². The maximum atomic E-state index is 11.5. The van der Waals surface area contributed by atoms with Crippen molar-refractivity contribution in [3.63, 3.8) is 0 Å². The van der Waals surface area contributed by atoms with E-state index < -0.39 is 0 Å². The zero-order chi connectivity index (χ0) is 12.2. The fraction of sp³-hybridized carbons (Fsp3) is 0.917. The van der Waals surface area contributed by atoms with Gasteiger partial charge in [0, 0.05) is 31.7 Å². The summed E-state index contributed by atoms with van der Waals surface area (Å²) < 4.78 is 5.16. The molecule has 0 bridgehead atoms. The Morgan fingerprint density at radius 1 is 1.38 bits per heavy atom. The van der Waals surface area contributed by atoms with Gasteiger partial charge in [0.05, 0.1) is 6.10 Å². The Kier molecular flexibility index (Phi) is 4.74. The number of hydrogen-bond donors (Lipinski definition) is 2. The molecule has 2 N–H and O–H groups in total. The van der Waals surface area contributed by atoms with Gasteiger partial charge in [-0.15, -0.1) is 0 Å². The first-order valence-corrected chi connectivity index (χ1v) is 5.98. The SMILES string of the molecule is COC1CC(NC(=O)CCNC(C)(C)C)C1. The maximum Gasteiger partial charge on any atom is 0.221 e. The third kappa shape index (κ3) is 4.94. The standard InChI is InChI=1S/C12H24N2O2/c1-12(2,3)13-6-5-11(15)14-9-7-10(8-9)16-4/h9-10,13H,5-8H2,1-4H3,(H,14,15). The molecule has 4 heteroatoms. The summed E-state index contributed by atoms with van der Waals surface area (Å²) in [5, 5.41) is 6.30. The molecule has 0 aliphatic heterocycles. The molecule has 0 aromatic carbocycles. The minimum Gasteiger partial charge on any atom is -0.381 e. The Morgan fingerprint density at radius 2 is 2.00 bits per heavy atom. The van der Waals surface area contributed by atoms with E-state index in [1.54, 1.807) is 7.11 Å². The number of amides is 1. The lowest BCUT2D eigenvalue weighted by molar-refractivity contribution is -0.123. The first-order chi connectivity index (χ1) is 7.40. The lowest BCUT2D eigenvalue weighted by atomic mass is 9.89. The Balaban J connectivity index is 2.04. The van der Waals surface area contributed by atoms with E-state index >= 15 is 0 Å². The van der Waals surface area contributed by atoms with E-state index in [-0.39, 0.29) is 11.4 Å². The van der Waals surface area contributed by atoms with Crippen molar-refractivity contribution in [2.24, 2.45) is 0 Å². The number of carbonyl (C=O) groups excluding carboxylic acids is 1. The molecule has 0 unspecified atom stereocenters. The molecule has 16 heavy (non-hydrogen) atoms. The predicted octanol–water partition coefficient (Wildman–Crippen LogP) is 1.06. The Bertz CT molecular complexity index is 230. The lowest BCUT2D eigenvalue weighted by Crippen LogP contribution is -2.48. The highest BCUT2D eigenvalue weighted by Crippen LogP contribution is 2.22. The van der Waals surface area contributed by atoms with Gasteiger partial charge in [-0.25, -0.2) is 0 Å². The summed E-state index contributed by atoms with van der Waals surface area (Å²) in [6.07, 6.45) is 2.80. The average Bonchev–Trinajstić information content (AvgIpc) is 2.08. The van der Waals surface area contributed by atoms with E-state index in [0.29, 0.717) is 18.6 Å². The van der Waals surface area contributed by atoms with Gasteiger partial charge in [0.2, 0.25) is 5.91 Å². The molecule has 1 fully saturated rings. The summed E-state index contributed by atoms with van der Waals surface area (Å²) in [7, 11) is 1.72. The summed E-state index contributed by atoms with van der Waals surface area (Å²) in [5.74, 6) is 0.135. The van der Waals surface area contributed by atoms with Crippen LogP contribution in [-0.4, -0.2) is 37.2 Å². The molecule has 0 aromatic rings. The molecule has 0 heterocycles. The van der Waals surface area contributed by atoms with Crippen LogP contribution in [0.4, 0.5) is 0 Å². The Labute approximate surface area is 98.1 Å². The van der Waals surface area contributed by atoms with Gasteiger partial charge in [-0.3, -0.25) is 4.79 Å². The number of ether oxygens (including phenoxy) is 1. The summed E-state index contributed by atoms with van der Waals surface area (Å²) in [5.41, 5.74) is 0.0812. The van der Waals surface area contributed by atoms with E-state index in [2.05, 4.69) is 31.4 Å². The van der Waals surface area contributed by atoms with Crippen LogP contribution in [0.5, 0.6) is 0 Å². The Hall–Kier alpha value is -0.610. The predicted molar refractivity (Wildman–Crippen MR) is 64.3 cm³/mol. The van der Waals surface area contributed by atoms with Crippen LogP contribution >= 0.6 is 0 Å². The normalized spacial score (nSPS) is 25.0. The maximum absolute atomic E-state index is 11.5. The summed E-state index contributed by atoms with van der Waals surface area (Å²) in [6.45, 7) is 7.02. The van der Waals surface area contributed by atoms with E-state index in [4.69, 9.17) is 4.74 Å². The van der Waals surface area contributed by atoms with Crippen LogP contribution in [0.25, 0.3) is 0 Å². The van der Waals surface area contributed by atoms with Crippen LogP contribution in [0.1, 0.15) is 40.0 Å². The van der Waals surface area contributed by atoms with Crippen LogP contribution in [0.3, 0.4) is 0 Å². The van der Waals surface area contributed by atoms with Gasteiger partial charge in [0.1, 0.15) is 0 Å². The highest BCUT2D eigenvalue weighted by Gasteiger charge is 2.29. The highest BCUT2D eigenvalue weighted by atomic mass is 16.5. The monoisotopic (exact) mass is 228 g/mol. The molecule has 1 aliphatic carbocycles. The third-order valence-corrected chi connectivity index (χ3v) is 2.80. The fourth-order valence-corrected chi connectivity index (χ4v) is 1.73. The van der Waals surface area contributed by atoms with E-state index in [1.807, 2.05) is 0 Å². The van der Waals surface area contributed by atoms with Gasteiger partial charge in [-0.2, -0.15) is 0 Å². The van der Waals surface area contributed by atoms with Crippen LogP contribution in [-0.2, 0) is 9.53 Å². The smallest absolute Gasteiger partial charge is 0.221 e. The van der Waals surface area contributed by atoms with Crippen molar-refractivity contribution in [3.05, 3.63) is 0 Å². The molecule has 4 nitrogen and oxygen atoms in total. The van der Waals surface area contributed by atoms with Crippen LogP contribution < -0.4 is 10.6 Å². The molecule has 1 saturated carbocycles. The second-order valence-corrected chi connectivity index (χ2v) is 5.52. The lowest BCUT2D eigenvalue weighted by Gasteiger charge is -2.34. The molecule has 1 rings (SSSR count). The molecule has 0 atom stereocenters. The number of nitrogens with one attached hydrogen (secondary N) is 2. The van der Waals surface area contributed by atoms with Gasteiger partial charge < -0.3 is 15.4 Å². The van der Waals surface area contributed by atoms with E-state index in [0.717, 1.165) is 19.4 Å². The number of rotatable bonds is 5. The minimum absolute atomic E-state index is 0.0812. The van der Waals surface area contributed by atoms with E-state index in [9.17, 15) is 4.79 Å². The van der Waals surface area contributed by atoms with Crippen LogP contribution in [0.2, 0.25) is 0 Å². The summed E-state index contributed by atoms with van der Waals surface area (Å²) >= 11 is 0. The second-order valence-electron chi connectivity index (χ2n) is 5.52. The summed E-state index contributed by atoms with van der Waals surface area (Å²) in [6, 6.07) is 0.326. The molecular formula is C12H24N2O2. The van der Waals surface area contributed by atoms with Gasteiger partial charge in [-0.1, -0.05) is 0 Å². The molecule has 0 aromatic heterocycles. The molecule has 0 saturated heterocycles. The zero-order valence-electron chi connectivity index (χ0n) is 10.8. The van der Waals surface area contributed by atoms with Crippen molar-refractivity contribution in [3.8, 4) is 0 Å². The van der Waals surface area contributed by atoms with Crippen molar-refractivity contribution >= 4 is 5.91 Å². The van der Waals surface area contributed by atoms with Crippen molar-refractivity contribution in [1.82, 2.24) is 10.6 Å². The van der Waals surface area contributed by atoms with Gasteiger partial charge in [0.15, 0.2) is 0 Å². The quantitative estimate of drug-likeness (QED) is 0.739. The number of carbonyl (C=O) groups is 1. The zero-order valence-corrected chi connectivity index (χ0v) is 10.8. The van der Waals surface area contributed by atoms with Gasteiger partial charge in [0.25, 0.3) is 0 Å². The van der Waals surface area contributed by atoms with Crippen molar-refractivity contribution in [2.75, 3.05) is 13.7 Å². The van der Waals surface area contributed by atoms with Gasteiger partial charge >= 0.3 is 0 Å². The van der Waals surface area contributed by atoms with Crippen molar-refractivity contribution in [2.45, 2.75) is 57.7 Å². The number of hydrogen-bond acceptors (Lipinski definition) is 3. The van der Waals surface area contributed by atoms with Gasteiger partial charge in [-0.05, 0) is 33.6 Å². The summed E-state index contributed by atoms with van der Waals surface area (Å²) in [4.78, 5) is 11.5. The Morgan fingerprint density at radius 3 is 2.50 bits per heavy atom. The first kappa shape index (κ1) is 13.5. The molecule has 1 amide bonds. The highest BCUT2D eigenvalue weighted by molar-refractivity contribution is 5.76. The van der Waals surface area contributed by atoms with Crippen molar-refractivity contribution < 1.29 is 9.53 Å². The van der Waals surface area contributed by atoms with E-state index in [1.165, 1.54) is 0 Å². The number of methoxy groups -OCH3 is 1. The average molecular weight is 228 g/mol. The second kappa shape index (κ2) is 5.64. The minimum atomic E-state index is 0.0812. The fourth-order valence-electron chi connectivity index (χ4n) is 1.73.